The first-order valence-corrected chi connectivity index (χ1v) is 10.5. The molecule has 0 radical (unpaired) electrons. The van der Waals surface area contributed by atoms with Crippen molar-refractivity contribution in [2.75, 3.05) is 26.4 Å². The second-order valence-electron chi connectivity index (χ2n) is 6.87. The first-order chi connectivity index (χ1) is 11.5. The van der Waals surface area contributed by atoms with Gasteiger partial charge in [0.1, 0.15) is 5.76 Å². The summed E-state index contributed by atoms with van der Waals surface area (Å²) in [6, 6.07) is 0. The molecule has 0 amide bonds. The van der Waals surface area contributed by atoms with Crippen LogP contribution in [0.5, 0.6) is 0 Å². The van der Waals surface area contributed by atoms with Gasteiger partial charge in [0.15, 0.2) is 5.79 Å². The van der Waals surface area contributed by atoms with Crippen LogP contribution in [0.4, 0.5) is 0 Å². The Morgan fingerprint density at radius 1 is 1.21 bits per heavy atom. The van der Waals surface area contributed by atoms with Gasteiger partial charge in [-0.05, 0) is 45.1 Å². The van der Waals surface area contributed by atoms with E-state index in [9.17, 15) is 4.57 Å². The van der Waals surface area contributed by atoms with E-state index in [4.69, 9.17) is 23.0 Å². The summed E-state index contributed by atoms with van der Waals surface area (Å²) in [5.41, 5.74) is -0.0736. The zero-order valence-corrected chi connectivity index (χ0v) is 15.8. The largest absolute Gasteiger partial charge is 0.529 e. The molecule has 1 saturated carbocycles. The number of phosphoric acid groups is 1. The van der Waals surface area contributed by atoms with Crippen molar-refractivity contribution < 1.29 is 27.6 Å². The lowest BCUT2D eigenvalue weighted by atomic mass is 9.59. The van der Waals surface area contributed by atoms with Gasteiger partial charge in [0.25, 0.3) is 0 Å². The Balaban J connectivity index is 1.79. The van der Waals surface area contributed by atoms with Gasteiger partial charge in [-0.1, -0.05) is 6.92 Å². The van der Waals surface area contributed by atoms with Crippen LogP contribution in [-0.2, 0) is 27.6 Å². The van der Waals surface area contributed by atoms with Gasteiger partial charge in [-0.2, -0.15) is 0 Å². The van der Waals surface area contributed by atoms with Gasteiger partial charge in [-0.3, -0.25) is 9.05 Å². The summed E-state index contributed by atoms with van der Waals surface area (Å²) in [6.07, 6.45) is 6.72. The van der Waals surface area contributed by atoms with Crippen LogP contribution in [0.3, 0.4) is 0 Å². The number of hydrogen-bond acceptors (Lipinski definition) is 6. The highest BCUT2D eigenvalue weighted by Gasteiger charge is 2.59. The second kappa shape index (κ2) is 7.08. The quantitative estimate of drug-likeness (QED) is 0.654. The van der Waals surface area contributed by atoms with E-state index in [0.29, 0.717) is 25.4 Å². The number of phosphoric ester groups is 1. The lowest BCUT2D eigenvalue weighted by Crippen LogP contribution is -2.55. The zero-order chi connectivity index (χ0) is 17.3. The first kappa shape index (κ1) is 18.4. The topological polar surface area (TPSA) is 63.2 Å². The third kappa shape index (κ3) is 3.19. The second-order valence-corrected chi connectivity index (χ2v) is 8.47. The first-order valence-electron chi connectivity index (χ1n) is 9.04. The summed E-state index contributed by atoms with van der Waals surface area (Å²) < 4.78 is 40.9. The summed E-state index contributed by atoms with van der Waals surface area (Å²) >= 11 is 0. The molecular formula is C17H29O6P. The van der Waals surface area contributed by atoms with Gasteiger partial charge < -0.3 is 14.0 Å². The van der Waals surface area contributed by atoms with E-state index in [2.05, 4.69) is 13.0 Å². The maximum Gasteiger partial charge on any atom is 0.529 e. The molecule has 2 fully saturated rings. The number of allylic oxidation sites excluding steroid dienone is 2. The molecule has 1 spiro atoms. The third-order valence-electron chi connectivity index (χ3n) is 5.54. The van der Waals surface area contributed by atoms with Crippen molar-refractivity contribution >= 4 is 7.82 Å². The van der Waals surface area contributed by atoms with E-state index in [-0.39, 0.29) is 24.5 Å². The van der Waals surface area contributed by atoms with Gasteiger partial charge in [0, 0.05) is 18.3 Å². The fraction of sp³-hybridized carbons (Fsp3) is 0.882. The molecule has 24 heavy (non-hydrogen) atoms. The zero-order valence-electron chi connectivity index (χ0n) is 14.9. The van der Waals surface area contributed by atoms with E-state index in [1.165, 1.54) is 0 Å². The molecule has 6 nitrogen and oxygen atoms in total. The molecule has 0 aromatic heterocycles. The number of fused-ring (bicyclic) bond motifs is 2. The molecule has 2 aliphatic carbocycles. The van der Waals surface area contributed by atoms with Gasteiger partial charge in [0.2, 0.25) is 0 Å². The molecule has 3 rings (SSSR count). The molecule has 0 aromatic rings. The van der Waals surface area contributed by atoms with Gasteiger partial charge in [0.05, 0.1) is 26.4 Å². The maximum absolute atomic E-state index is 12.6. The molecule has 1 heterocycles. The fourth-order valence-corrected chi connectivity index (χ4v) is 5.58. The highest BCUT2D eigenvalue weighted by atomic mass is 31.2. The van der Waals surface area contributed by atoms with E-state index in [0.717, 1.165) is 25.7 Å². The summed E-state index contributed by atoms with van der Waals surface area (Å²) in [4.78, 5) is 0. The van der Waals surface area contributed by atoms with Crippen LogP contribution >= 0.6 is 7.82 Å². The molecule has 0 N–H and O–H groups in total. The molecule has 1 saturated heterocycles. The van der Waals surface area contributed by atoms with Crippen molar-refractivity contribution in [3.05, 3.63) is 11.8 Å². The van der Waals surface area contributed by atoms with E-state index in [1.54, 1.807) is 13.8 Å². The van der Waals surface area contributed by atoms with Crippen LogP contribution in [0.1, 0.15) is 52.9 Å². The highest BCUT2D eigenvalue weighted by molar-refractivity contribution is 7.48. The van der Waals surface area contributed by atoms with Crippen LogP contribution in [0.25, 0.3) is 0 Å². The van der Waals surface area contributed by atoms with Crippen LogP contribution in [0.2, 0.25) is 0 Å². The molecule has 1 aliphatic heterocycles. The van der Waals surface area contributed by atoms with Crippen molar-refractivity contribution in [3.63, 3.8) is 0 Å². The Kier molecular flexibility index (Phi) is 5.43. The van der Waals surface area contributed by atoms with Gasteiger partial charge >= 0.3 is 7.82 Å². The Morgan fingerprint density at radius 3 is 2.50 bits per heavy atom. The SMILES string of the molecule is CCOP(=O)(OCC)OC1=C[C@@H]2CCCC3(OCCO3)[C@@]2(C)CC1. The van der Waals surface area contributed by atoms with Crippen LogP contribution in [0, 0.1) is 11.3 Å². The highest BCUT2D eigenvalue weighted by Crippen LogP contribution is 2.60. The molecule has 2 atom stereocenters. The van der Waals surface area contributed by atoms with Crippen LogP contribution < -0.4 is 0 Å². The Bertz CT molecular complexity index is 517. The van der Waals surface area contributed by atoms with Crippen molar-refractivity contribution in [3.8, 4) is 0 Å². The molecule has 3 aliphatic rings. The van der Waals surface area contributed by atoms with E-state index in [1.807, 2.05) is 0 Å². The Morgan fingerprint density at radius 2 is 1.88 bits per heavy atom. The van der Waals surface area contributed by atoms with Crippen molar-refractivity contribution in [2.24, 2.45) is 11.3 Å². The van der Waals surface area contributed by atoms with Crippen molar-refractivity contribution in [2.45, 2.75) is 58.7 Å². The molecular weight excluding hydrogens is 331 g/mol. The summed E-state index contributed by atoms with van der Waals surface area (Å²) in [6.45, 7) is 7.72. The van der Waals surface area contributed by atoms with Gasteiger partial charge in [-0.15, -0.1) is 0 Å². The molecule has 0 aromatic carbocycles. The molecule has 0 unspecified atom stereocenters. The minimum Gasteiger partial charge on any atom is -0.409 e. The summed E-state index contributed by atoms with van der Waals surface area (Å²) in [7, 11) is -3.52. The monoisotopic (exact) mass is 360 g/mol. The van der Waals surface area contributed by atoms with Gasteiger partial charge in [-0.25, -0.2) is 4.57 Å². The Hall–Kier alpha value is -0.390. The normalized spacial score (nSPS) is 32.5. The molecule has 0 bridgehead atoms. The van der Waals surface area contributed by atoms with Crippen molar-refractivity contribution in [1.82, 2.24) is 0 Å². The lowest BCUT2D eigenvalue weighted by molar-refractivity contribution is -0.266. The molecule has 138 valence electrons. The maximum atomic E-state index is 12.6. The summed E-state index contributed by atoms with van der Waals surface area (Å²) in [5.74, 6) is 0.518. The fourth-order valence-electron chi connectivity index (χ4n) is 4.33. The van der Waals surface area contributed by atoms with Crippen LogP contribution in [0.15, 0.2) is 11.8 Å². The van der Waals surface area contributed by atoms with Crippen LogP contribution in [-0.4, -0.2) is 32.2 Å². The summed E-state index contributed by atoms with van der Waals surface area (Å²) in [5, 5.41) is 0. The van der Waals surface area contributed by atoms with E-state index < -0.39 is 13.6 Å². The Labute approximate surface area is 144 Å². The minimum atomic E-state index is -3.52. The number of rotatable bonds is 6. The lowest BCUT2D eigenvalue weighted by Gasteiger charge is -2.53. The van der Waals surface area contributed by atoms with E-state index >= 15 is 0 Å². The predicted octanol–water partition coefficient (Wildman–Crippen LogP) is 4.41. The predicted molar refractivity (Wildman–Crippen MR) is 89.3 cm³/mol. The average molecular weight is 360 g/mol. The number of hydrogen-bond donors (Lipinski definition) is 0. The minimum absolute atomic E-state index is 0.0736. The third-order valence-corrected chi connectivity index (χ3v) is 7.15. The molecule has 7 heteroatoms. The number of ether oxygens (including phenoxy) is 2. The van der Waals surface area contributed by atoms with Crippen molar-refractivity contribution in [1.29, 1.82) is 0 Å². The smallest absolute Gasteiger partial charge is 0.409 e. The standard InChI is InChI=1S/C17H29O6P/c1-4-21-24(18,22-5-2)23-15-8-10-16(3)14(13-15)7-6-9-17(16)19-11-12-20-17/h13-14H,4-12H2,1-3H3/t14-,16-/m0/s1. The average Bonchev–Trinajstić information content (AvgIpc) is 3.00.